The standard InChI is InChI=1S/C20H24N4O2/c25-19-7-3-4-14-23(19)16-10-8-15(9-11-16)20(26)22-18-12-13-21-24(18)17-5-1-2-6-17/h8-13,17H,1-7,14H2,(H,22,26). The fourth-order valence-electron chi connectivity index (χ4n) is 3.91. The van der Waals surface area contributed by atoms with Crippen LogP contribution in [0, 0.1) is 0 Å². The first kappa shape index (κ1) is 16.8. The predicted octanol–water partition coefficient (Wildman–Crippen LogP) is 3.77. The van der Waals surface area contributed by atoms with Gasteiger partial charge in [0.25, 0.3) is 5.91 Å². The number of nitrogens with zero attached hydrogens (tertiary/aromatic N) is 3. The number of aromatic nitrogens is 2. The van der Waals surface area contributed by atoms with Gasteiger partial charge in [0.1, 0.15) is 5.82 Å². The molecular weight excluding hydrogens is 328 g/mol. The third-order valence-electron chi connectivity index (χ3n) is 5.35. The summed E-state index contributed by atoms with van der Waals surface area (Å²) in [5, 5.41) is 7.36. The van der Waals surface area contributed by atoms with Gasteiger partial charge in [-0.05, 0) is 49.9 Å². The van der Waals surface area contributed by atoms with Crippen LogP contribution in [-0.2, 0) is 4.79 Å². The molecule has 1 aromatic heterocycles. The molecule has 136 valence electrons. The normalized spacial score (nSPS) is 18.3. The Morgan fingerprint density at radius 2 is 1.81 bits per heavy atom. The lowest BCUT2D eigenvalue weighted by atomic mass is 10.1. The maximum absolute atomic E-state index is 12.6. The summed E-state index contributed by atoms with van der Waals surface area (Å²) in [5.41, 5.74) is 1.44. The highest BCUT2D eigenvalue weighted by Crippen LogP contribution is 2.31. The van der Waals surface area contributed by atoms with Gasteiger partial charge in [0.2, 0.25) is 5.91 Å². The van der Waals surface area contributed by atoms with Crippen molar-refractivity contribution in [3.8, 4) is 0 Å². The summed E-state index contributed by atoms with van der Waals surface area (Å²) in [6.07, 6.45) is 8.99. The van der Waals surface area contributed by atoms with Crippen molar-refractivity contribution >= 4 is 23.3 Å². The smallest absolute Gasteiger partial charge is 0.256 e. The molecule has 6 heteroatoms. The molecule has 2 aliphatic rings. The number of hydrogen-bond donors (Lipinski definition) is 1. The van der Waals surface area contributed by atoms with E-state index in [0.717, 1.165) is 43.7 Å². The number of anilines is 2. The Labute approximate surface area is 153 Å². The van der Waals surface area contributed by atoms with Crippen LogP contribution in [0.3, 0.4) is 0 Å². The zero-order valence-corrected chi connectivity index (χ0v) is 14.9. The second kappa shape index (κ2) is 7.32. The summed E-state index contributed by atoms with van der Waals surface area (Å²) >= 11 is 0. The van der Waals surface area contributed by atoms with Gasteiger partial charge in [0, 0.05) is 30.3 Å². The summed E-state index contributed by atoms with van der Waals surface area (Å²) in [7, 11) is 0. The van der Waals surface area contributed by atoms with Crippen molar-refractivity contribution in [1.82, 2.24) is 9.78 Å². The molecule has 0 unspecified atom stereocenters. The van der Waals surface area contributed by atoms with Crippen LogP contribution in [0.1, 0.15) is 61.3 Å². The zero-order valence-electron chi connectivity index (χ0n) is 14.9. The van der Waals surface area contributed by atoms with Gasteiger partial charge in [-0.15, -0.1) is 0 Å². The zero-order chi connectivity index (χ0) is 17.9. The first-order valence-electron chi connectivity index (χ1n) is 9.48. The molecule has 2 fully saturated rings. The molecule has 0 bridgehead atoms. The number of amides is 2. The molecule has 1 N–H and O–H groups in total. The lowest BCUT2D eigenvalue weighted by molar-refractivity contribution is -0.119. The summed E-state index contributed by atoms with van der Waals surface area (Å²) in [4.78, 5) is 26.4. The van der Waals surface area contributed by atoms with Crippen molar-refractivity contribution in [2.45, 2.75) is 51.0 Å². The Kier molecular flexibility index (Phi) is 4.73. The second-order valence-corrected chi connectivity index (χ2v) is 7.10. The fraction of sp³-hybridized carbons (Fsp3) is 0.450. The number of hydrogen-bond acceptors (Lipinski definition) is 3. The molecule has 1 aromatic carbocycles. The third-order valence-corrected chi connectivity index (χ3v) is 5.35. The van der Waals surface area contributed by atoms with Crippen LogP contribution in [-0.4, -0.2) is 28.1 Å². The van der Waals surface area contributed by atoms with Crippen LogP contribution in [0.15, 0.2) is 36.5 Å². The van der Waals surface area contributed by atoms with Gasteiger partial charge in [0.05, 0.1) is 12.2 Å². The monoisotopic (exact) mass is 352 g/mol. The average Bonchev–Trinajstić information content (AvgIpc) is 3.33. The Morgan fingerprint density at radius 1 is 1.04 bits per heavy atom. The molecular formula is C20H24N4O2. The van der Waals surface area contributed by atoms with Crippen LogP contribution in [0.2, 0.25) is 0 Å². The van der Waals surface area contributed by atoms with Crippen molar-refractivity contribution in [3.63, 3.8) is 0 Å². The van der Waals surface area contributed by atoms with Crippen LogP contribution in [0.5, 0.6) is 0 Å². The van der Waals surface area contributed by atoms with Crippen molar-refractivity contribution in [1.29, 1.82) is 0 Å². The number of nitrogens with one attached hydrogen (secondary N) is 1. The fourth-order valence-corrected chi connectivity index (χ4v) is 3.91. The summed E-state index contributed by atoms with van der Waals surface area (Å²) in [6.45, 7) is 0.755. The maximum Gasteiger partial charge on any atom is 0.256 e. The Bertz CT molecular complexity index is 790. The molecule has 0 spiro atoms. The van der Waals surface area contributed by atoms with E-state index in [1.54, 1.807) is 23.2 Å². The molecule has 1 aliphatic heterocycles. The summed E-state index contributed by atoms with van der Waals surface area (Å²) in [6, 6.07) is 9.49. The molecule has 6 nitrogen and oxygen atoms in total. The molecule has 26 heavy (non-hydrogen) atoms. The minimum atomic E-state index is -0.152. The van der Waals surface area contributed by atoms with E-state index in [1.165, 1.54) is 12.8 Å². The van der Waals surface area contributed by atoms with Crippen molar-refractivity contribution in [2.75, 3.05) is 16.8 Å². The van der Waals surface area contributed by atoms with E-state index < -0.39 is 0 Å². The maximum atomic E-state index is 12.6. The van der Waals surface area contributed by atoms with Gasteiger partial charge >= 0.3 is 0 Å². The lowest BCUT2D eigenvalue weighted by Gasteiger charge is -2.26. The van der Waals surface area contributed by atoms with Gasteiger partial charge in [-0.1, -0.05) is 12.8 Å². The number of piperidine rings is 1. The van der Waals surface area contributed by atoms with Crippen LogP contribution < -0.4 is 10.2 Å². The Morgan fingerprint density at radius 3 is 2.54 bits per heavy atom. The second-order valence-electron chi connectivity index (χ2n) is 7.10. The number of carbonyl (C=O) groups excluding carboxylic acids is 2. The molecule has 0 atom stereocenters. The lowest BCUT2D eigenvalue weighted by Crippen LogP contribution is -2.35. The number of rotatable bonds is 4. The third kappa shape index (κ3) is 3.36. The highest BCUT2D eigenvalue weighted by molar-refractivity contribution is 6.04. The van der Waals surface area contributed by atoms with Gasteiger partial charge in [-0.25, -0.2) is 4.68 Å². The van der Waals surface area contributed by atoms with E-state index in [-0.39, 0.29) is 11.8 Å². The first-order valence-corrected chi connectivity index (χ1v) is 9.48. The Hall–Kier alpha value is -2.63. The van der Waals surface area contributed by atoms with E-state index in [1.807, 2.05) is 22.9 Å². The minimum absolute atomic E-state index is 0.152. The van der Waals surface area contributed by atoms with Crippen LogP contribution >= 0.6 is 0 Å². The van der Waals surface area contributed by atoms with Crippen molar-refractivity contribution in [2.24, 2.45) is 0 Å². The molecule has 1 saturated heterocycles. The quantitative estimate of drug-likeness (QED) is 0.911. The largest absolute Gasteiger partial charge is 0.312 e. The predicted molar refractivity (Wildman–Crippen MR) is 100 cm³/mol. The molecule has 2 aromatic rings. The first-order chi connectivity index (χ1) is 12.7. The Balaban J connectivity index is 1.45. The van der Waals surface area contributed by atoms with Gasteiger partial charge < -0.3 is 10.2 Å². The SMILES string of the molecule is O=C(Nc1ccnn1C1CCCC1)c1ccc(N2CCCCC2=O)cc1. The average molecular weight is 352 g/mol. The van der Waals surface area contributed by atoms with Crippen LogP contribution in [0.25, 0.3) is 0 Å². The van der Waals surface area contributed by atoms with E-state index in [2.05, 4.69) is 10.4 Å². The minimum Gasteiger partial charge on any atom is -0.312 e. The molecule has 1 aliphatic carbocycles. The highest BCUT2D eigenvalue weighted by Gasteiger charge is 2.22. The summed E-state index contributed by atoms with van der Waals surface area (Å²) < 4.78 is 1.94. The van der Waals surface area contributed by atoms with E-state index in [0.29, 0.717) is 18.0 Å². The van der Waals surface area contributed by atoms with E-state index >= 15 is 0 Å². The number of carbonyl (C=O) groups is 2. The van der Waals surface area contributed by atoms with Crippen LogP contribution in [0.4, 0.5) is 11.5 Å². The van der Waals surface area contributed by atoms with Gasteiger partial charge in [-0.3, -0.25) is 9.59 Å². The molecule has 2 amide bonds. The van der Waals surface area contributed by atoms with Crippen molar-refractivity contribution in [3.05, 3.63) is 42.1 Å². The van der Waals surface area contributed by atoms with Crippen molar-refractivity contribution < 1.29 is 9.59 Å². The molecule has 2 heterocycles. The molecule has 4 rings (SSSR count). The van der Waals surface area contributed by atoms with E-state index in [4.69, 9.17) is 0 Å². The van der Waals surface area contributed by atoms with Gasteiger partial charge in [0.15, 0.2) is 0 Å². The molecule has 0 radical (unpaired) electrons. The highest BCUT2D eigenvalue weighted by atomic mass is 16.2. The van der Waals surface area contributed by atoms with Gasteiger partial charge in [-0.2, -0.15) is 5.10 Å². The molecule has 1 saturated carbocycles. The topological polar surface area (TPSA) is 67.2 Å². The summed E-state index contributed by atoms with van der Waals surface area (Å²) in [5.74, 6) is 0.757. The number of benzene rings is 1. The van der Waals surface area contributed by atoms with E-state index in [9.17, 15) is 9.59 Å².